The van der Waals surface area contributed by atoms with Gasteiger partial charge in [-0.25, -0.2) is 14.4 Å². The largest absolute Gasteiger partial charge is 0.522 e. The van der Waals surface area contributed by atoms with E-state index in [-0.39, 0.29) is 29.0 Å². The first-order chi connectivity index (χ1) is 17.1. The molecule has 1 fully saturated rings. The van der Waals surface area contributed by atoms with Crippen molar-refractivity contribution in [2.45, 2.75) is 59.8 Å². The molecule has 1 heterocycles. The molecule has 0 aliphatic heterocycles. The third kappa shape index (κ3) is 7.23. The Balaban J connectivity index is 1.97. The predicted molar refractivity (Wildman–Crippen MR) is 118 cm³/mol. The van der Waals surface area contributed by atoms with Crippen LogP contribution in [0.1, 0.15) is 25.3 Å². The summed E-state index contributed by atoms with van der Waals surface area (Å²) in [5.41, 5.74) is -9.59. The average molecular weight is 575 g/mol. The number of aromatic nitrogens is 2. The lowest BCUT2D eigenvalue weighted by Crippen LogP contribution is -2.61. The monoisotopic (exact) mass is 574 g/mol. The van der Waals surface area contributed by atoms with Gasteiger partial charge >= 0.3 is 11.9 Å². The third-order valence-corrected chi connectivity index (χ3v) is 6.40. The number of thioether (sulfide) groups is 1. The fourth-order valence-corrected chi connectivity index (χ4v) is 4.34. The maximum Gasteiger partial charge on any atom is 0.522 e. The molecule has 0 radical (unpaired) electrons. The Hall–Kier alpha value is -2.65. The van der Waals surface area contributed by atoms with Gasteiger partial charge in [0.1, 0.15) is 6.33 Å². The fraction of sp³-hybridized carbons (Fsp3) is 0.429. The number of nitrogens with zero attached hydrogens (tertiary/aromatic N) is 3. The smallest absolute Gasteiger partial charge is 0.351 e. The van der Waals surface area contributed by atoms with Gasteiger partial charge in [0.2, 0.25) is 0 Å². The van der Waals surface area contributed by atoms with Crippen molar-refractivity contribution >= 4 is 40.9 Å². The number of alkyl halides is 8. The van der Waals surface area contributed by atoms with E-state index >= 15 is 0 Å². The Morgan fingerprint density at radius 1 is 1.11 bits per heavy atom. The first kappa shape index (κ1) is 28.9. The van der Waals surface area contributed by atoms with E-state index in [0.717, 1.165) is 43.0 Å². The summed E-state index contributed by atoms with van der Waals surface area (Å²) in [7, 11) is 0. The minimum atomic E-state index is -4.86. The van der Waals surface area contributed by atoms with Crippen molar-refractivity contribution in [1.29, 1.82) is 0 Å². The Morgan fingerprint density at radius 2 is 1.68 bits per heavy atom. The molecule has 1 N–H and O–H groups in total. The van der Waals surface area contributed by atoms with Gasteiger partial charge in [-0.3, -0.25) is 19.2 Å². The number of halogens is 8. The molecule has 2 atom stereocenters. The van der Waals surface area contributed by atoms with E-state index in [0.29, 0.717) is 4.90 Å². The molecule has 37 heavy (non-hydrogen) atoms. The zero-order valence-electron chi connectivity index (χ0n) is 18.7. The number of carbonyl (C=O) groups excluding carboxylic acids is 2. The first-order valence-corrected chi connectivity index (χ1v) is 11.6. The standard InChI is InChI=1S/C21H18ClF7N4O3S/c1-19(11-8-30-10-31-9-11,18(35)32-12-6-14(7-12)36-20(24,25)26)33(17(34)16(22)23)13-2-4-15(5-3-13)37-21(27,28)29/h2-5,8-10,12,14,16H,6-7H2,1H3,(H,32,35)/t12?,14?,16-,19-/m0/s1. The Morgan fingerprint density at radius 3 is 2.16 bits per heavy atom. The van der Waals surface area contributed by atoms with Crippen LogP contribution < -0.4 is 10.2 Å². The lowest BCUT2D eigenvalue weighted by molar-refractivity contribution is -0.351. The zero-order chi connectivity index (χ0) is 27.6. The van der Waals surface area contributed by atoms with Crippen LogP contribution in [0.3, 0.4) is 0 Å². The van der Waals surface area contributed by atoms with Gasteiger partial charge in [-0.15, -0.1) is 13.2 Å². The minimum absolute atomic E-state index is 0.0330. The second kappa shape index (κ2) is 11.0. The van der Waals surface area contributed by atoms with Gasteiger partial charge in [-0.2, -0.15) is 13.2 Å². The molecule has 1 aromatic carbocycles. The Kier molecular flexibility index (Phi) is 8.59. The summed E-state index contributed by atoms with van der Waals surface area (Å²) in [5, 5.41) is 2.50. The lowest BCUT2D eigenvalue weighted by atomic mass is 9.85. The van der Waals surface area contributed by atoms with E-state index in [1.54, 1.807) is 0 Å². The summed E-state index contributed by atoms with van der Waals surface area (Å²) in [6.45, 7) is 1.19. The van der Waals surface area contributed by atoms with Crippen molar-refractivity contribution in [3.8, 4) is 0 Å². The van der Waals surface area contributed by atoms with E-state index in [4.69, 9.17) is 11.6 Å². The van der Waals surface area contributed by atoms with Gasteiger partial charge in [0.05, 0.1) is 6.10 Å². The lowest BCUT2D eigenvalue weighted by Gasteiger charge is -2.43. The molecule has 1 aliphatic rings. The molecule has 1 aromatic heterocycles. The Bertz CT molecular complexity index is 1100. The summed E-state index contributed by atoms with van der Waals surface area (Å²) < 4.78 is 93.5. The number of nitrogens with one attached hydrogen (secondary N) is 1. The first-order valence-electron chi connectivity index (χ1n) is 10.4. The molecular weight excluding hydrogens is 557 g/mol. The molecule has 0 saturated heterocycles. The van der Waals surface area contributed by atoms with Gasteiger partial charge in [0, 0.05) is 34.6 Å². The summed E-state index contributed by atoms with van der Waals surface area (Å²) in [6.07, 6.45) is -3.01. The van der Waals surface area contributed by atoms with Crippen LogP contribution in [0.5, 0.6) is 0 Å². The van der Waals surface area contributed by atoms with Crippen LogP contribution in [0.4, 0.5) is 36.4 Å². The minimum Gasteiger partial charge on any atom is -0.351 e. The second-order valence-electron chi connectivity index (χ2n) is 8.04. The van der Waals surface area contributed by atoms with Crippen LogP contribution in [0.2, 0.25) is 0 Å². The summed E-state index contributed by atoms with van der Waals surface area (Å²) in [5.74, 6) is -2.37. The highest BCUT2D eigenvalue weighted by Gasteiger charge is 2.49. The van der Waals surface area contributed by atoms with Gasteiger partial charge in [-0.1, -0.05) is 11.6 Å². The predicted octanol–water partition coefficient (Wildman–Crippen LogP) is 5.05. The number of hydrogen-bond donors (Lipinski definition) is 1. The van der Waals surface area contributed by atoms with Gasteiger partial charge in [0.25, 0.3) is 17.4 Å². The van der Waals surface area contributed by atoms with E-state index in [2.05, 4.69) is 20.0 Å². The van der Waals surface area contributed by atoms with Crippen molar-refractivity contribution in [2.75, 3.05) is 4.90 Å². The van der Waals surface area contributed by atoms with Gasteiger partial charge in [-0.05, 0) is 55.8 Å². The molecule has 3 rings (SSSR count). The molecule has 1 aliphatic carbocycles. The highest BCUT2D eigenvalue weighted by molar-refractivity contribution is 8.00. The summed E-state index contributed by atoms with van der Waals surface area (Å²) in [6, 6.07) is 3.39. The van der Waals surface area contributed by atoms with Crippen LogP contribution in [0, 0.1) is 0 Å². The van der Waals surface area contributed by atoms with Crippen LogP contribution in [0.25, 0.3) is 0 Å². The molecule has 202 valence electrons. The van der Waals surface area contributed by atoms with Crippen molar-refractivity contribution < 1.29 is 45.1 Å². The quantitative estimate of drug-likeness (QED) is 0.270. The van der Waals surface area contributed by atoms with Crippen molar-refractivity contribution in [2.24, 2.45) is 0 Å². The molecule has 0 bridgehead atoms. The molecule has 2 amide bonds. The molecule has 0 spiro atoms. The summed E-state index contributed by atoms with van der Waals surface area (Å²) >= 11 is 4.99. The average Bonchev–Trinajstić information content (AvgIpc) is 2.77. The van der Waals surface area contributed by atoms with Crippen molar-refractivity contribution in [1.82, 2.24) is 15.3 Å². The molecule has 16 heteroatoms. The van der Waals surface area contributed by atoms with E-state index in [1.807, 2.05) is 0 Å². The molecular formula is C21H18ClF7N4O3S. The molecule has 2 aromatic rings. The van der Waals surface area contributed by atoms with Crippen molar-refractivity contribution in [3.05, 3.63) is 48.5 Å². The fourth-order valence-electron chi connectivity index (χ4n) is 3.71. The van der Waals surface area contributed by atoms with E-state index < -0.39 is 58.8 Å². The SMILES string of the molecule is C[C@@](C(=O)NC1CC(OC(F)(F)F)C1)(c1cncnc1)N(C(=O)[C@H](F)Cl)c1ccc(SC(F)(F)F)cc1. The number of benzene rings is 1. The number of amides is 2. The third-order valence-electron chi connectivity index (χ3n) is 5.48. The van der Waals surface area contributed by atoms with Crippen LogP contribution in [0.15, 0.2) is 47.9 Å². The molecule has 7 nitrogen and oxygen atoms in total. The maximum absolute atomic E-state index is 14.1. The zero-order valence-corrected chi connectivity index (χ0v) is 20.3. The normalized spacial score (nSPS) is 20.4. The number of rotatable bonds is 8. The highest BCUT2D eigenvalue weighted by atomic mass is 35.5. The van der Waals surface area contributed by atoms with Crippen molar-refractivity contribution in [3.63, 3.8) is 0 Å². The van der Waals surface area contributed by atoms with Gasteiger partial charge < -0.3 is 5.32 Å². The van der Waals surface area contributed by atoms with E-state index in [9.17, 15) is 40.3 Å². The second-order valence-corrected chi connectivity index (χ2v) is 9.56. The number of ether oxygens (including phenoxy) is 1. The molecule has 0 unspecified atom stereocenters. The van der Waals surface area contributed by atoms with Crippen LogP contribution in [-0.2, 0) is 19.9 Å². The van der Waals surface area contributed by atoms with E-state index in [1.165, 1.54) is 6.92 Å². The van der Waals surface area contributed by atoms with Crippen LogP contribution in [-0.4, -0.2) is 51.4 Å². The van der Waals surface area contributed by atoms with Crippen LogP contribution >= 0.6 is 23.4 Å². The number of hydrogen-bond acceptors (Lipinski definition) is 6. The number of carbonyl (C=O) groups is 2. The molecule has 1 saturated carbocycles. The highest BCUT2D eigenvalue weighted by Crippen LogP contribution is 2.40. The van der Waals surface area contributed by atoms with Gasteiger partial charge in [0.15, 0.2) is 5.54 Å². The number of anilines is 1. The Labute approximate surface area is 214 Å². The topological polar surface area (TPSA) is 84.4 Å². The maximum atomic E-state index is 14.1. The summed E-state index contributed by atoms with van der Waals surface area (Å²) in [4.78, 5) is 34.4.